The quantitative estimate of drug-likeness (QED) is 0.489. The molecule has 140 valence electrons. The zero-order chi connectivity index (χ0) is 19.3. The topological polar surface area (TPSA) is 68.3 Å². The van der Waals surface area contributed by atoms with E-state index in [-0.39, 0.29) is 0 Å². The van der Waals surface area contributed by atoms with Crippen molar-refractivity contribution in [2.45, 2.75) is 0 Å². The second-order valence-corrected chi connectivity index (χ2v) is 6.15. The molecule has 0 atom stereocenters. The first kappa shape index (κ1) is 17.6. The Morgan fingerprint density at radius 2 is 1.00 bits per heavy atom. The van der Waals surface area contributed by atoms with E-state index in [0.29, 0.717) is 5.65 Å². The molecule has 28 heavy (non-hydrogen) atoms. The standard InChI is InChI=1S/C22H20N4O2/c1-27-18-9-5-16(6-10-18)23-20-13-3-15-4-14-21(26-22(15)25-20)24-17-7-11-19(28-2)12-8-17/h3-14H,1-2H3,(H2,23,24,25,26). The molecule has 2 heterocycles. The number of ether oxygens (including phenoxy) is 2. The number of aromatic nitrogens is 2. The summed E-state index contributed by atoms with van der Waals surface area (Å²) in [4.78, 5) is 9.26. The summed E-state index contributed by atoms with van der Waals surface area (Å²) in [5.74, 6) is 3.08. The predicted octanol–water partition coefficient (Wildman–Crippen LogP) is 5.13. The van der Waals surface area contributed by atoms with E-state index in [4.69, 9.17) is 9.47 Å². The van der Waals surface area contributed by atoms with E-state index in [2.05, 4.69) is 20.6 Å². The molecule has 0 aliphatic heterocycles. The van der Waals surface area contributed by atoms with Gasteiger partial charge < -0.3 is 20.1 Å². The maximum atomic E-state index is 5.18. The van der Waals surface area contributed by atoms with Crippen LogP contribution in [0.5, 0.6) is 11.5 Å². The van der Waals surface area contributed by atoms with Crippen LogP contribution in [0.3, 0.4) is 0 Å². The lowest BCUT2D eigenvalue weighted by atomic mass is 10.2. The van der Waals surface area contributed by atoms with Crippen molar-refractivity contribution in [3.8, 4) is 11.5 Å². The fourth-order valence-electron chi connectivity index (χ4n) is 2.78. The lowest BCUT2D eigenvalue weighted by molar-refractivity contribution is 0.415. The van der Waals surface area contributed by atoms with Crippen molar-refractivity contribution in [3.63, 3.8) is 0 Å². The molecule has 0 unspecified atom stereocenters. The van der Waals surface area contributed by atoms with Crippen LogP contribution >= 0.6 is 0 Å². The van der Waals surface area contributed by atoms with Crippen LogP contribution in [0.25, 0.3) is 11.0 Å². The van der Waals surface area contributed by atoms with Gasteiger partial charge in [-0.25, -0.2) is 9.97 Å². The second-order valence-electron chi connectivity index (χ2n) is 6.15. The molecule has 4 rings (SSSR count). The van der Waals surface area contributed by atoms with Crippen molar-refractivity contribution in [2.75, 3.05) is 24.9 Å². The SMILES string of the molecule is COc1ccc(Nc2ccc3ccc(Nc4ccc(OC)cc4)nc3n2)cc1. The summed E-state index contributed by atoms with van der Waals surface area (Å²) in [6.07, 6.45) is 0. The van der Waals surface area contributed by atoms with Crippen LogP contribution in [0.15, 0.2) is 72.8 Å². The van der Waals surface area contributed by atoms with Crippen LogP contribution in [0.2, 0.25) is 0 Å². The Morgan fingerprint density at radius 1 is 0.571 bits per heavy atom. The van der Waals surface area contributed by atoms with Crippen LogP contribution in [0.1, 0.15) is 0 Å². The molecule has 0 saturated heterocycles. The van der Waals surface area contributed by atoms with Crippen molar-refractivity contribution >= 4 is 34.0 Å². The first-order valence-corrected chi connectivity index (χ1v) is 8.83. The molecule has 6 heteroatoms. The third kappa shape index (κ3) is 3.96. The minimum Gasteiger partial charge on any atom is -0.497 e. The molecular weight excluding hydrogens is 352 g/mol. The Morgan fingerprint density at radius 3 is 1.39 bits per heavy atom. The number of pyridine rings is 2. The largest absolute Gasteiger partial charge is 0.497 e. The zero-order valence-electron chi connectivity index (χ0n) is 15.6. The summed E-state index contributed by atoms with van der Waals surface area (Å²) in [6, 6.07) is 23.2. The summed E-state index contributed by atoms with van der Waals surface area (Å²) in [7, 11) is 3.30. The van der Waals surface area contributed by atoms with Gasteiger partial charge in [-0.1, -0.05) is 0 Å². The van der Waals surface area contributed by atoms with Gasteiger partial charge in [-0.15, -0.1) is 0 Å². The maximum Gasteiger partial charge on any atom is 0.163 e. The van der Waals surface area contributed by atoms with Gasteiger partial charge in [-0.3, -0.25) is 0 Å². The van der Waals surface area contributed by atoms with Crippen molar-refractivity contribution in [2.24, 2.45) is 0 Å². The van der Waals surface area contributed by atoms with E-state index in [1.807, 2.05) is 72.8 Å². The van der Waals surface area contributed by atoms with E-state index in [1.165, 1.54) is 0 Å². The normalized spacial score (nSPS) is 10.5. The van der Waals surface area contributed by atoms with Gasteiger partial charge in [0, 0.05) is 16.8 Å². The van der Waals surface area contributed by atoms with Gasteiger partial charge in [0.1, 0.15) is 23.1 Å². The highest BCUT2D eigenvalue weighted by atomic mass is 16.5. The summed E-state index contributed by atoms with van der Waals surface area (Å²) in [6.45, 7) is 0. The lowest BCUT2D eigenvalue weighted by Gasteiger charge is -2.09. The minimum atomic E-state index is 0.664. The first-order chi connectivity index (χ1) is 13.7. The van der Waals surface area contributed by atoms with Gasteiger partial charge in [0.05, 0.1) is 14.2 Å². The van der Waals surface area contributed by atoms with Gasteiger partial charge in [-0.05, 0) is 72.8 Å². The summed E-state index contributed by atoms with van der Waals surface area (Å²) in [5.41, 5.74) is 2.53. The number of hydrogen-bond acceptors (Lipinski definition) is 6. The highest BCUT2D eigenvalue weighted by Crippen LogP contribution is 2.23. The molecule has 2 aromatic carbocycles. The number of hydrogen-bond donors (Lipinski definition) is 2. The maximum absolute atomic E-state index is 5.18. The number of nitrogens with one attached hydrogen (secondary N) is 2. The number of methoxy groups -OCH3 is 2. The first-order valence-electron chi connectivity index (χ1n) is 8.83. The van der Waals surface area contributed by atoms with E-state index >= 15 is 0 Å². The molecule has 2 N–H and O–H groups in total. The fraction of sp³-hybridized carbons (Fsp3) is 0.0909. The summed E-state index contributed by atoms with van der Waals surface area (Å²) >= 11 is 0. The Labute approximate surface area is 163 Å². The van der Waals surface area contributed by atoms with Crippen molar-refractivity contribution in [1.82, 2.24) is 9.97 Å². The number of rotatable bonds is 6. The summed E-state index contributed by atoms with van der Waals surface area (Å²) < 4.78 is 10.4. The van der Waals surface area contributed by atoms with Crippen molar-refractivity contribution in [3.05, 3.63) is 72.8 Å². The van der Waals surface area contributed by atoms with Crippen LogP contribution in [0, 0.1) is 0 Å². The zero-order valence-corrected chi connectivity index (χ0v) is 15.6. The van der Waals surface area contributed by atoms with Crippen molar-refractivity contribution in [1.29, 1.82) is 0 Å². The van der Waals surface area contributed by atoms with E-state index in [9.17, 15) is 0 Å². The Bertz CT molecular complexity index is 996. The Balaban J connectivity index is 1.55. The van der Waals surface area contributed by atoms with Gasteiger partial charge in [0.2, 0.25) is 0 Å². The molecule has 0 radical (unpaired) electrons. The molecule has 0 saturated carbocycles. The molecule has 4 aromatic rings. The van der Waals surface area contributed by atoms with Gasteiger partial charge in [-0.2, -0.15) is 0 Å². The number of anilines is 4. The third-order valence-electron chi connectivity index (χ3n) is 4.28. The van der Waals surface area contributed by atoms with E-state index in [1.54, 1.807) is 14.2 Å². The second kappa shape index (κ2) is 7.84. The van der Waals surface area contributed by atoms with E-state index < -0.39 is 0 Å². The molecule has 0 fully saturated rings. The molecular formula is C22H20N4O2. The molecule has 0 spiro atoms. The average Bonchev–Trinajstić information content (AvgIpc) is 2.74. The number of benzene rings is 2. The number of nitrogens with zero attached hydrogens (tertiary/aromatic N) is 2. The highest BCUT2D eigenvalue weighted by Gasteiger charge is 2.04. The van der Waals surface area contributed by atoms with Crippen molar-refractivity contribution < 1.29 is 9.47 Å². The van der Waals surface area contributed by atoms with Crippen LogP contribution in [-0.2, 0) is 0 Å². The molecule has 0 amide bonds. The van der Waals surface area contributed by atoms with Gasteiger partial charge >= 0.3 is 0 Å². The average molecular weight is 372 g/mol. The summed E-state index contributed by atoms with van der Waals surface area (Å²) in [5, 5.41) is 7.55. The number of fused-ring (bicyclic) bond motifs is 1. The van der Waals surface area contributed by atoms with Crippen LogP contribution in [-0.4, -0.2) is 24.2 Å². The third-order valence-corrected chi connectivity index (χ3v) is 4.28. The molecule has 0 bridgehead atoms. The monoisotopic (exact) mass is 372 g/mol. The van der Waals surface area contributed by atoms with E-state index in [0.717, 1.165) is 39.9 Å². The van der Waals surface area contributed by atoms with Gasteiger partial charge in [0.25, 0.3) is 0 Å². The Hall–Kier alpha value is -3.80. The highest BCUT2D eigenvalue weighted by molar-refractivity contribution is 5.79. The minimum absolute atomic E-state index is 0.664. The smallest absolute Gasteiger partial charge is 0.163 e. The lowest BCUT2D eigenvalue weighted by Crippen LogP contribution is -1.97. The fourth-order valence-corrected chi connectivity index (χ4v) is 2.78. The van der Waals surface area contributed by atoms with Gasteiger partial charge in [0.15, 0.2) is 5.65 Å². The molecule has 6 nitrogen and oxygen atoms in total. The predicted molar refractivity (Wildman–Crippen MR) is 112 cm³/mol. The molecule has 0 aliphatic rings. The molecule has 2 aromatic heterocycles. The van der Waals surface area contributed by atoms with Crippen LogP contribution < -0.4 is 20.1 Å². The van der Waals surface area contributed by atoms with Crippen LogP contribution in [0.4, 0.5) is 23.0 Å². The Kier molecular flexibility index (Phi) is 4.93. The molecule has 0 aliphatic carbocycles.